The highest BCUT2D eigenvalue weighted by molar-refractivity contribution is 6.38. The van der Waals surface area contributed by atoms with Crippen LogP contribution in [0.1, 0.15) is 22.8 Å². The zero-order valence-electron chi connectivity index (χ0n) is 15.2. The van der Waals surface area contributed by atoms with E-state index < -0.39 is 35.0 Å². The van der Waals surface area contributed by atoms with Gasteiger partial charge in [0.15, 0.2) is 0 Å². The summed E-state index contributed by atoms with van der Waals surface area (Å²) in [5, 5.41) is 12.5. The Morgan fingerprint density at radius 1 is 1.38 bits per heavy atom. The number of aromatic nitrogens is 1. The van der Waals surface area contributed by atoms with Crippen LogP contribution in [0.15, 0.2) is 17.1 Å². The summed E-state index contributed by atoms with van der Waals surface area (Å²) in [5.74, 6) is -2.17. The third kappa shape index (κ3) is 2.91. The third-order valence-electron chi connectivity index (χ3n) is 5.88. The molecular weight excluding hydrogens is 408 g/mol. The minimum Gasteiger partial charge on any atom is -0.477 e. The molecule has 1 aromatic carbocycles. The van der Waals surface area contributed by atoms with E-state index in [0.717, 1.165) is 12.3 Å². The normalized spacial score (nSPS) is 28.6. The zero-order valence-corrected chi connectivity index (χ0v) is 16.0. The molecule has 2 aromatic rings. The van der Waals surface area contributed by atoms with Gasteiger partial charge >= 0.3 is 5.97 Å². The van der Waals surface area contributed by atoms with Crippen LogP contribution in [0.25, 0.3) is 10.9 Å². The Bertz CT molecular complexity index is 1080. The quantitative estimate of drug-likeness (QED) is 0.782. The van der Waals surface area contributed by atoms with Crippen LogP contribution in [-0.4, -0.2) is 60.2 Å². The minimum absolute atomic E-state index is 0.0215. The number of morpholine rings is 1. The van der Waals surface area contributed by atoms with Crippen molar-refractivity contribution in [3.8, 4) is 0 Å². The second kappa shape index (κ2) is 6.65. The van der Waals surface area contributed by atoms with Gasteiger partial charge < -0.3 is 24.6 Å². The molecule has 29 heavy (non-hydrogen) atoms. The summed E-state index contributed by atoms with van der Waals surface area (Å²) in [6, 6.07) is 0.413. The molecular formula is C19H18ClF2N3O4. The van der Waals surface area contributed by atoms with Gasteiger partial charge in [0, 0.05) is 32.3 Å². The molecule has 154 valence electrons. The molecule has 1 aromatic heterocycles. The van der Waals surface area contributed by atoms with Crippen LogP contribution in [0, 0.1) is 5.82 Å². The fraction of sp³-hybridized carbons (Fsp3) is 0.474. The first kappa shape index (κ1) is 18.8. The molecule has 2 aliphatic heterocycles. The molecule has 3 fully saturated rings. The van der Waals surface area contributed by atoms with Gasteiger partial charge in [-0.25, -0.2) is 13.6 Å². The number of halogens is 3. The highest BCUT2D eigenvalue weighted by atomic mass is 35.5. The molecule has 0 unspecified atom stereocenters. The van der Waals surface area contributed by atoms with Gasteiger partial charge in [-0.05, 0) is 6.07 Å². The number of alkyl halides is 1. The van der Waals surface area contributed by atoms with E-state index in [2.05, 4.69) is 5.32 Å². The van der Waals surface area contributed by atoms with Crippen molar-refractivity contribution in [1.82, 2.24) is 9.88 Å². The van der Waals surface area contributed by atoms with Gasteiger partial charge in [-0.2, -0.15) is 0 Å². The number of hydrogen-bond acceptors (Lipinski definition) is 5. The van der Waals surface area contributed by atoms with Crippen LogP contribution in [0.2, 0.25) is 5.02 Å². The van der Waals surface area contributed by atoms with E-state index in [-0.39, 0.29) is 40.2 Å². The maximum Gasteiger partial charge on any atom is 0.341 e. The molecule has 2 saturated heterocycles. The zero-order chi connectivity index (χ0) is 20.4. The molecule has 3 heterocycles. The molecule has 10 heteroatoms. The average molecular weight is 426 g/mol. The van der Waals surface area contributed by atoms with Crippen molar-refractivity contribution in [1.29, 1.82) is 0 Å². The first-order chi connectivity index (χ1) is 13.9. The molecule has 1 aliphatic carbocycles. The van der Waals surface area contributed by atoms with Gasteiger partial charge in [0.1, 0.15) is 17.6 Å². The molecule has 4 atom stereocenters. The Balaban J connectivity index is 1.70. The predicted octanol–water partition coefficient (Wildman–Crippen LogP) is 1.95. The monoisotopic (exact) mass is 425 g/mol. The molecule has 0 spiro atoms. The van der Waals surface area contributed by atoms with Gasteiger partial charge in [0.05, 0.1) is 46.4 Å². The smallest absolute Gasteiger partial charge is 0.341 e. The Morgan fingerprint density at radius 2 is 2.14 bits per heavy atom. The first-order valence-electron chi connectivity index (χ1n) is 9.41. The molecule has 0 amide bonds. The number of nitrogens with zero attached hydrogens (tertiary/aromatic N) is 2. The van der Waals surface area contributed by atoms with Crippen molar-refractivity contribution in [3.05, 3.63) is 38.9 Å². The van der Waals surface area contributed by atoms with Crippen molar-refractivity contribution in [3.63, 3.8) is 0 Å². The molecule has 0 radical (unpaired) electrons. The van der Waals surface area contributed by atoms with Crippen LogP contribution in [0.4, 0.5) is 14.5 Å². The van der Waals surface area contributed by atoms with Crippen LogP contribution in [-0.2, 0) is 4.74 Å². The number of benzene rings is 1. The average Bonchev–Trinajstić information content (AvgIpc) is 3.24. The van der Waals surface area contributed by atoms with Crippen molar-refractivity contribution >= 4 is 34.2 Å². The van der Waals surface area contributed by atoms with E-state index in [1.165, 1.54) is 4.57 Å². The van der Waals surface area contributed by atoms with Gasteiger partial charge in [0.2, 0.25) is 5.43 Å². The number of carbonyl (C=O) groups is 1. The van der Waals surface area contributed by atoms with Crippen molar-refractivity contribution < 1.29 is 23.4 Å². The van der Waals surface area contributed by atoms with Crippen LogP contribution in [0.5, 0.6) is 0 Å². The topological polar surface area (TPSA) is 83.8 Å². The second-order valence-electron chi connectivity index (χ2n) is 7.70. The fourth-order valence-corrected chi connectivity index (χ4v) is 4.76. The van der Waals surface area contributed by atoms with Crippen molar-refractivity contribution in [2.45, 2.75) is 30.8 Å². The summed E-state index contributed by atoms with van der Waals surface area (Å²) in [6.45, 7) is 2.17. The molecule has 7 nitrogen and oxygen atoms in total. The Morgan fingerprint density at radius 3 is 2.79 bits per heavy atom. The van der Waals surface area contributed by atoms with E-state index in [1.54, 1.807) is 4.90 Å². The largest absolute Gasteiger partial charge is 0.477 e. The predicted molar refractivity (Wildman–Crippen MR) is 102 cm³/mol. The Hall–Kier alpha value is -2.23. The SMILES string of the molecule is O=C(O)c1cn([C@@H]2C[C@@H]2F)c2c(Cl)c(N3C[C@@H]4OCCN[C@@H]4C3)c(F)cc2c1=O. The summed E-state index contributed by atoms with van der Waals surface area (Å²) in [5.41, 5.74) is -1.10. The van der Waals surface area contributed by atoms with Gasteiger partial charge in [-0.1, -0.05) is 11.6 Å². The first-order valence-corrected chi connectivity index (χ1v) is 9.78. The number of carboxylic acid groups (broad SMARTS) is 1. The number of ether oxygens (including phenoxy) is 1. The number of aromatic carboxylic acids is 1. The summed E-state index contributed by atoms with van der Waals surface area (Å²) in [4.78, 5) is 25.9. The number of pyridine rings is 1. The number of anilines is 1. The van der Waals surface area contributed by atoms with Crippen LogP contribution < -0.4 is 15.6 Å². The Labute approximate surface area is 168 Å². The maximum atomic E-state index is 15.1. The number of fused-ring (bicyclic) bond motifs is 2. The van der Waals surface area contributed by atoms with Gasteiger partial charge in [-0.3, -0.25) is 4.79 Å². The second-order valence-corrected chi connectivity index (χ2v) is 8.07. The lowest BCUT2D eigenvalue weighted by Gasteiger charge is -2.25. The lowest BCUT2D eigenvalue weighted by atomic mass is 10.1. The molecule has 2 N–H and O–H groups in total. The van der Waals surface area contributed by atoms with E-state index >= 15 is 4.39 Å². The van der Waals surface area contributed by atoms with Crippen LogP contribution in [0.3, 0.4) is 0 Å². The van der Waals surface area contributed by atoms with Crippen molar-refractivity contribution in [2.24, 2.45) is 0 Å². The fourth-order valence-electron chi connectivity index (χ4n) is 4.35. The van der Waals surface area contributed by atoms with Crippen molar-refractivity contribution in [2.75, 3.05) is 31.1 Å². The summed E-state index contributed by atoms with van der Waals surface area (Å²) in [7, 11) is 0. The highest BCUT2D eigenvalue weighted by Gasteiger charge is 2.42. The van der Waals surface area contributed by atoms with E-state index in [4.69, 9.17) is 16.3 Å². The number of carboxylic acids is 1. The third-order valence-corrected chi connectivity index (χ3v) is 6.23. The van der Waals surface area contributed by atoms with E-state index in [0.29, 0.717) is 26.2 Å². The molecule has 5 rings (SSSR count). The van der Waals surface area contributed by atoms with Crippen LogP contribution >= 0.6 is 11.6 Å². The number of rotatable bonds is 3. The Kier molecular flexibility index (Phi) is 4.30. The highest BCUT2D eigenvalue weighted by Crippen LogP contribution is 2.44. The summed E-state index contributed by atoms with van der Waals surface area (Å²) >= 11 is 6.58. The molecule has 0 bridgehead atoms. The minimum atomic E-state index is -1.45. The standard InChI is InChI=1S/C19H18ClF2N3O4/c20-15-16-8(18(26)9(19(27)28)5-25(16)13-4-10(13)21)3-11(22)17(15)24-6-12-14(7-24)29-2-1-23-12/h3,5,10,12-14,23H,1-2,4,6-7H2,(H,27,28)/t10-,12+,13+,14-/m0/s1. The van der Waals surface area contributed by atoms with Gasteiger partial charge in [-0.15, -0.1) is 0 Å². The molecule has 1 saturated carbocycles. The maximum absolute atomic E-state index is 15.1. The van der Waals surface area contributed by atoms with E-state index in [1.807, 2.05) is 0 Å². The number of nitrogens with one attached hydrogen (secondary N) is 1. The summed E-state index contributed by atoms with van der Waals surface area (Å²) in [6.07, 6.45) is 0.0228. The van der Waals surface area contributed by atoms with E-state index in [9.17, 15) is 19.1 Å². The number of hydrogen-bond donors (Lipinski definition) is 2. The van der Waals surface area contributed by atoms with Gasteiger partial charge in [0.25, 0.3) is 0 Å². The lowest BCUT2D eigenvalue weighted by Crippen LogP contribution is -2.47. The summed E-state index contributed by atoms with van der Waals surface area (Å²) < 4.78 is 36.0. The lowest BCUT2D eigenvalue weighted by molar-refractivity contribution is 0.0212. The molecule has 3 aliphatic rings.